The first-order valence-corrected chi connectivity index (χ1v) is 24.4. The smallest absolute Gasteiger partial charge is 0.249 e. The van der Waals surface area contributed by atoms with Gasteiger partial charge in [0.25, 0.3) is 0 Å². The Bertz CT molecular complexity index is 736. The molecule has 0 saturated heterocycles. The van der Waals surface area contributed by atoms with Crippen LogP contribution in [0.25, 0.3) is 0 Å². The van der Waals surface area contributed by atoms with Crippen molar-refractivity contribution in [2.75, 3.05) is 6.61 Å². The van der Waals surface area contributed by atoms with E-state index in [1.807, 2.05) is 0 Å². The SMILES string of the molecule is CCCCCCCCCCCCCCCCCCCCCCCCCCCCCCC(O)C(=O)NC(CO)C(O)C(O)CCCCCCCCCCCC. The molecule has 0 aromatic heterocycles. The highest BCUT2D eigenvalue weighted by Crippen LogP contribution is 2.18. The molecular formula is C48H97NO5. The lowest BCUT2D eigenvalue weighted by Gasteiger charge is -2.27. The van der Waals surface area contributed by atoms with Crippen molar-refractivity contribution in [3.8, 4) is 0 Å². The largest absolute Gasteiger partial charge is 0.394 e. The molecule has 6 nitrogen and oxygen atoms in total. The van der Waals surface area contributed by atoms with Crippen molar-refractivity contribution in [2.24, 2.45) is 0 Å². The Morgan fingerprint density at radius 2 is 0.630 bits per heavy atom. The van der Waals surface area contributed by atoms with Gasteiger partial charge in [0.1, 0.15) is 12.2 Å². The first-order chi connectivity index (χ1) is 26.5. The van der Waals surface area contributed by atoms with Crippen LogP contribution in [0.5, 0.6) is 0 Å². The molecule has 0 heterocycles. The molecule has 0 aliphatic heterocycles. The van der Waals surface area contributed by atoms with E-state index in [0.29, 0.717) is 12.8 Å². The molecule has 4 unspecified atom stereocenters. The number of aliphatic hydroxyl groups is 4. The maximum atomic E-state index is 12.5. The van der Waals surface area contributed by atoms with Crippen molar-refractivity contribution in [3.05, 3.63) is 0 Å². The van der Waals surface area contributed by atoms with Crippen LogP contribution >= 0.6 is 0 Å². The first-order valence-electron chi connectivity index (χ1n) is 24.4. The maximum Gasteiger partial charge on any atom is 0.249 e. The number of amides is 1. The van der Waals surface area contributed by atoms with Crippen LogP contribution < -0.4 is 5.32 Å². The zero-order valence-corrected chi connectivity index (χ0v) is 36.5. The number of aliphatic hydroxyl groups excluding tert-OH is 4. The van der Waals surface area contributed by atoms with Crippen molar-refractivity contribution in [3.63, 3.8) is 0 Å². The molecule has 0 spiro atoms. The second-order valence-electron chi connectivity index (χ2n) is 17.2. The maximum absolute atomic E-state index is 12.5. The van der Waals surface area contributed by atoms with E-state index in [-0.39, 0.29) is 0 Å². The van der Waals surface area contributed by atoms with Crippen LogP contribution in [0.3, 0.4) is 0 Å². The van der Waals surface area contributed by atoms with Crippen molar-refractivity contribution in [1.82, 2.24) is 5.32 Å². The molecule has 324 valence electrons. The fourth-order valence-electron chi connectivity index (χ4n) is 7.94. The molecule has 0 bridgehead atoms. The number of carbonyl (C=O) groups excluding carboxylic acids is 1. The summed E-state index contributed by atoms with van der Waals surface area (Å²) in [6.07, 6.45) is 47.4. The summed E-state index contributed by atoms with van der Waals surface area (Å²) in [6.45, 7) is 4.05. The van der Waals surface area contributed by atoms with E-state index in [4.69, 9.17) is 0 Å². The summed E-state index contributed by atoms with van der Waals surface area (Å²) < 4.78 is 0. The van der Waals surface area contributed by atoms with E-state index < -0.39 is 36.9 Å². The first kappa shape index (κ1) is 53.3. The van der Waals surface area contributed by atoms with Crippen LogP contribution in [0.1, 0.15) is 271 Å². The third-order valence-corrected chi connectivity index (χ3v) is 11.8. The molecule has 0 saturated carbocycles. The molecule has 0 radical (unpaired) electrons. The molecule has 4 atom stereocenters. The van der Waals surface area contributed by atoms with Crippen molar-refractivity contribution >= 4 is 5.91 Å². The van der Waals surface area contributed by atoms with Crippen LogP contribution in [0.2, 0.25) is 0 Å². The lowest BCUT2D eigenvalue weighted by atomic mass is 9.99. The second kappa shape index (κ2) is 43.4. The summed E-state index contributed by atoms with van der Waals surface area (Å²) in [5.74, 6) is -0.579. The number of hydrogen-bond acceptors (Lipinski definition) is 5. The monoisotopic (exact) mass is 768 g/mol. The van der Waals surface area contributed by atoms with Crippen LogP contribution in [0.4, 0.5) is 0 Å². The zero-order chi connectivity index (χ0) is 39.6. The highest BCUT2D eigenvalue weighted by atomic mass is 16.3. The van der Waals surface area contributed by atoms with Gasteiger partial charge in [-0.15, -0.1) is 0 Å². The second-order valence-corrected chi connectivity index (χ2v) is 17.2. The zero-order valence-electron chi connectivity index (χ0n) is 36.5. The number of unbranched alkanes of at least 4 members (excludes halogenated alkanes) is 36. The molecule has 0 rings (SSSR count). The Hall–Kier alpha value is -0.690. The van der Waals surface area contributed by atoms with Gasteiger partial charge in [0.15, 0.2) is 0 Å². The molecular weight excluding hydrogens is 671 g/mol. The molecule has 0 aromatic carbocycles. The summed E-state index contributed by atoms with van der Waals surface area (Å²) >= 11 is 0. The van der Waals surface area contributed by atoms with E-state index in [0.717, 1.165) is 38.5 Å². The predicted molar refractivity (Wildman–Crippen MR) is 233 cm³/mol. The number of nitrogens with one attached hydrogen (secondary N) is 1. The van der Waals surface area contributed by atoms with Crippen molar-refractivity contribution in [1.29, 1.82) is 0 Å². The lowest BCUT2D eigenvalue weighted by molar-refractivity contribution is -0.132. The average molecular weight is 768 g/mol. The third-order valence-electron chi connectivity index (χ3n) is 11.8. The predicted octanol–water partition coefficient (Wildman–Crippen LogP) is 13.2. The molecule has 0 aliphatic carbocycles. The summed E-state index contributed by atoms with van der Waals surface area (Å²) in [4.78, 5) is 12.5. The van der Waals surface area contributed by atoms with Crippen LogP contribution in [-0.4, -0.2) is 57.3 Å². The normalized spacial score (nSPS) is 14.0. The van der Waals surface area contributed by atoms with Crippen molar-refractivity contribution in [2.45, 2.75) is 295 Å². The van der Waals surface area contributed by atoms with Crippen molar-refractivity contribution < 1.29 is 25.2 Å². The number of carbonyl (C=O) groups is 1. The summed E-state index contributed by atoms with van der Waals surface area (Å²) in [5.41, 5.74) is 0. The minimum Gasteiger partial charge on any atom is -0.394 e. The molecule has 0 aliphatic rings. The Morgan fingerprint density at radius 1 is 0.389 bits per heavy atom. The molecule has 0 fully saturated rings. The van der Waals surface area contributed by atoms with E-state index in [1.54, 1.807) is 0 Å². The van der Waals surface area contributed by atoms with E-state index in [1.165, 1.54) is 205 Å². The average Bonchev–Trinajstić information content (AvgIpc) is 3.18. The minimum atomic E-state index is -1.25. The van der Waals surface area contributed by atoms with Gasteiger partial charge in [-0.25, -0.2) is 0 Å². The van der Waals surface area contributed by atoms with Gasteiger partial charge < -0.3 is 25.7 Å². The Morgan fingerprint density at radius 3 is 0.889 bits per heavy atom. The summed E-state index contributed by atoms with van der Waals surface area (Å²) in [5, 5.41) is 43.6. The fraction of sp³-hybridized carbons (Fsp3) is 0.979. The van der Waals surface area contributed by atoms with Gasteiger partial charge in [0.2, 0.25) is 5.91 Å². The van der Waals surface area contributed by atoms with E-state index in [9.17, 15) is 25.2 Å². The molecule has 5 N–H and O–H groups in total. The number of hydrogen-bond donors (Lipinski definition) is 5. The van der Waals surface area contributed by atoms with Gasteiger partial charge in [0, 0.05) is 0 Å². The van der Waals surface area contributed by atoms with Gasteiger partial charge in [-0.05, 0) is 12.8 Å². The van der Waals surface area contributed by atoms with Gasteiger partial charge in [-0.3, -0.25) is 4.79 Å². The van der Waals surface area contributed by atoms with E-state index >= 15 is 0 Å². The summed E-state index contributed by atoms with van der Waals surface area (Å²) in [7, 11) is 0. The molecule has 6 heteroatoms. The van der Waals surface area contributed by atoms with Gasteiger partial charge in [-0.1, -0.05) is 258 Å². The van der Waals surface area contributed by atoms with E-state index in [2.05, 4.69) is 19.2 Å². The Labute approximate surface area is 337 Å². The minimum absolute atomic E-state index is 0.376. The number of rotatable bonds is 45. The topological polar surface area (TPSA) is 110 Å². The standard InChI is InChI=1S/C48H97NO5/c1-3-5-7-9-11-13-15-16-17-18-19-20-21-22-23-24-25-26-27-28-29-30-31-32-34-36-38-40-42-46(52)48(54)49-44(43-50)47(53)45(51)41-39-37-35-33-14-12-10-8-6-4-2/h44-47,50-53H,3-43H2,1-2H3,(H,49,54). The third kappa shape index (κ3) is 36.9. The van der Waals surface area contributed by atoms with Gasteiger partial charge in [0.05, 0.1) is 18.8 Å². The quantitative estimate of drug-likeness (QED) is 0.0396. The fourth-order valence-corrected chi connectivity index (χ4v) is 7.94. The van der Waals surface area contributed by atoms with Crippen LogP contribution in [0.15, 0.2) is 0 Å². The molecule has 0 aromatic rings. The lowest BCUT2D eigenvalue weighted by Crippen LogP contribution is -2.53. The summed E-state index contributed by atoms with van der Waals surface area (Å²) in [6, 6.07) is -0.978. The van der Waals surface area contributed by atoms with Gasteiger partial charge in [-0.2, -0.15) is 0 Å². The highest BCUT2D eigenvalue weighted by Gasteiger charge is 2.28. The van der Waals surface area contributed by atoms with Crippen LogP contribution in [-0.2, 0) is 4.79 Å². The van der Waals surface area contributed by atoms with Gasteiger partial charge >= 0.3 is 0 Å². The Balaban J connectivity index is 3.54. The highest BCUT2D eigenvalue weighted by molar-refractivity contribution is 5.80. The molecule has 1 amide bonds. The van der Waals surface area contributed by atoms with Crippen LogP contribution in [0, 0.1) is 0 Å². The Kier molecular flexibility index (Phi) is 42.9. The molecule has 54 heavy (non-hydrogen) atoms.